The fourth-order valence-electron chi connectivity index (χ4n) is 2.26. The molecule has 1 aromatic heterocycles. The van der Waals surface area contributed by atoms with Gasteiger partial charge in [0, 0.05) is 12.4 Å². The number of hydrogen-bond acceptors (Lipinski definition) is 0. The van der Waals surface area contributed by atoms with Crippen LogP contribution in [0.1, 0.15) is 23.6 Å². The van der Waals surface area contributed by atoms with Crippen LogP contribution in [0.3, 0.4) is 0 Å². The number of aromatic nitrogens is 1. The minimum atomic E-state index is -0.556. The second-order valence-electron chi connectivity index (χ2n) is 4.55. The summed E-state index contributed by atoms with van der Waals surface area (Å²) >= 11 is -0.556. The molecule has 22 heavy (non-hydrogen) atoms. The summed E-state index contributed by atoms with van der Waals surface area (Å²) in [6, 6.07) is 12.8. The summed E-state index contributed by atoms with van der Waals surface area (Å²) in [6.07, 6.45) is 19.6. The summed E-state index contributed by atoms with van der Waals surface area (Å²) in [5.41, 5.74) is 2.62. The fraction of sp³-hybridized carbons (Fsp3) is 0.111. The SMILES string of the molecule is [C-]1=CC=CC1.[C-]1=Cc2ccccc2C1n1cccc1.[Cl][Ti][Cl]. The molecule has 1 nitrogen and oxygen atoms in total. The zero-order valence-electron chi connectivity index (χ0n) is 11.9. The van der Waals surface area contributed by atoms with Crippen molar-refractivity contribution in [1.29, 1.82) is 0 Å². The molecule has 2 aliphatic rings. The minimum absolute atomic E-state index is 0.265. The van der Waals surface area contributed by atoms with Gasteiger partial charge in [-0.05, 0) is 18.2 Å². The molecule has 1 aromatic carbocycles. The van der Waals surface area contributed by atoms with Crippen LogP contribution < -0.4 is 0 Å². The van der Waals surface area contributed by atoms with Gasteiger partial charge in [-0.2, -0.15) is 11.6 Å². The molecular weight excluding hydrogens is 349 g/mol. The van der Waals surface area contributed by atoms with Crippen molar-refractivity contribution in [2.75, 3.05) is 0 Å². The van der Waals surface area contributed by atoms with Crippen molar-refractivity contribution in [3.63, 3.8) is 0 Å². The van der Waals surface area contributed by atoms with Crippen molar-refractivity contribution in [3.8, 4) is 0 Å². The van der Waals surface area contributed by atoms with Crippen LogP contribution in [-0.2, 0) is 17.0 Å². The topological polar surface area (TPSA) is 4.93 Å². The van der Waals surface area contributed by atoms with Gasteiger partial charge in [-0.15, -0.1) is 18.1 Å². The Labute approximate surface area is 148 Å². The van der Waals surface area contributed by atoms with Crippen LogP contribution in [0.2, 0.25) is 0 Å². The quantitative estimate of drug-likeness (QED) is 0.459. The standard InChI is InChI=1S/C13H10N.C5H5.2ClH.Ti/c1-2-6-12-11(5-1)7-8-13(12)14-9-3-4-10-14;1-2-4-5-3-1;;;/h1-7,9-10,13H;1-3H,4H2;2*1H;/q2*-1;;;+2/p-2. The summed E-state index contributed by atoms with van der Waals surface area (Å²) in [7, 11) is 9.78. The Hall–Kier alpha value is -0.986. The van der Waals surface area contributed by atoms with Gasteiger partial charge in [-0.25, -0.2) is 24.3 Å². The van der Waals surface area contributed by atoms with Crippen LogP contribution in [0.4, 0.5) is 0 Å². The van der Waals surface area contributed by atoms with Crippen LogP contribution >= 0.6 is 18.6 Å². The average molecular weight is 364 g/mol. The van der Waals surface area contributed by atoms with Crippen LogP contribution in [0.25, 0.3) is 6.08 Å². The first-order chi connectivity index (χ1) is 10.9. The van der Waals surface area contributed by atoms with E-state index in [1.807, 2.05) is 24.3 Å². The summed E-state index contributed by atoms with van der Waals surface area (Å²) in [5, 5.41) is 0. The predicted molar refractivity (Wildman–Crippen MR) is 90.0 cm³/mol. The van der Waals surface area contributed by atoms with Crippen molar-refractivity contribution in [2.45, 2.75) is 12.5 Å². The molecule has 0 saturated carbocycles. The normalized spacial score (nSPS) is 16.4. The molecule has 0 aliphatic heterocycles. The van der Waals surface area contributed by atoms with Gasteiger partial charge in [-0.3, -0.25) is 6.08 Å². The summed E-state index contributed by atoms with van der Waals surface area (Å²) in [6.45, 7) is 0. The molecule has 0 spiro atoms. The van der Waals surface area contributed by atoms with E-state index in [1.165, 1.54) is 11.1 Å². The first-order valence-electron chi connectivity index (χ1n) is 6.85. The molecule has 0 saturated heterocycles. The molecule has 1 unspecified atom stereocenters. The second kappa shape index (κ2) is 9.92. The molecule has 1 atom stereocenters. The van der Waals surface area contributed by atoms with E-state index in [9.17, 15) is 0 Å². The zero-order valence-corrected chi connectivity index (χ0v) is 15.0. The Morgan fingerprint density at radius 2 is 1.82 bits per heavy atom. The molecule has 112 valence electrons. The van der Waals surface area contributed by atoms with Crippen molar-refractivity contribution in [3.05, 3.63) is 90.3 Å². The number of fused-ring (bicyclic) bond motifs is 1. The monoisotopic (exact) mass is 363 g/mol. The fourth-order valence-corrected chi connectivity index (χ4v) is 2.26. The van der Waals surface area contributed by atoms with Gasteiger partial charge in [0.1, 0.15) is 0 Å². The molecule has 0 radical (unpaired) electrons. The van der Waals surface area contributed by atoms with E-state index in [1.54, 1.807) is 0 Å². The molecule has 0 bridgehead atoms. The number of benzene rings is 1. The average Bonchev–Trinajstić information content (AvgIpc) is 3.30. The third-order valence-corrected chi connectivity index (χ3v) is 3.20. The van der Waals surface area contributed by atoms with Crippen molar-refractivity contribution < 1.29 is 17.0 Å². The van der Waals surface area contributed by atoms with E-state index in [-0.39, 0.29) is 6.04 Å². The van der Waals surface area contributed by atoms with Gasteiger partial charge < -0.3 is 4.57 Å². The Morgan fingerprint density at radius 3 is 2.41 bits per heavy atom. The van der Waals surface area contributed by atoms with Crippen LogP contribution in [-0.4, -0.2) is 4.57 Å². The van der Waals surface area contributed by atoms with Gasteiger partial charge in [0.2, 0.25) is 0 Å². The molecule has 2 aliphatic carbocycles. The van der Waals surface area contributed by atoms with E-state index < -0.39 is 17.0 Å². The van der Waals surface area contributed by atoms with Gasteiger partial charge >= 0.3 is 35.6 Å². The number of nitrogens with zero attached hydrogens (tertiary/aromatic N) is 1. The van der Waals surface area contributed by atoms with Gasteiger partial charge in [-0.1, -0.05) is 18.2 Å². The predicted octanol–water partition coefficient (Wildman–Crippen LogP) is 5.59. The van der Waals surface area contributed by atoms with Crippen molar-refractivity contribution in [2.24, 2.45) is 0 Å². The number of allylic oxidation sites excluding steroid dienone is 5. The van der Waals surface area contributed by atoms with Crippen molar-refractivity contribution >= 4 is 24.7 Å². The summed E-state index contributed by atoms with van der Waals surface area (Å²) in [5.74, 6) is 0. The van der Waals surface area contributed by atoms with Crippen LogP contribution in [0.15, 0.2) is 67.0 Å². The molecule has 1 heterocycles. The molecular formula is C18H15Cl2NTi-2. The molecule has 4 rings (SSSR count). The third kappa shape index (κ3) is 5.03. The molecule has 0 N–H and O–H groups in total. The van der Waals surface area contributed by atoms with Crippen molar-refractivity contribution in [1.82, 2.24) is 4.57 Å². The third-order valence-electron chi connectivity index (χ3n) is 3.20. The number of hydrogen-bond donors (Lipinski definition) is 0. The van der Waals surface area contributed by atoms with Crippen LogP contribution in [0.5, 0.6) is 0 Å². The maximum atomic E-state index is 4.89. The zero-order chi connectivity index (χ0) is 15.6. The first-order valence-corrected chi connectivity index (χ1v) is 11.1. The molecule has 4 heteroatoms. The Morgan fingerprint density at radius 1 is 1.09 bits per heavy atom. The summed E-state index contributed by atoms with van der Waals surface area (Å²) in [4.78, 5) is 0. The van der Waals surface area contributed by atoms with E-state index in [4.69, 9.17) is 18.6 Å². The first kappa shape index (κ1) is 17.4. The van der Waals surface area contributed by atoms with E-state index in [0.717, 1.165) is 6.42 Å². The van der Waals surface area contributed by atoms with Gasteiger partial charge in [0.25, 0.3) is 0 Å². The Kier molecular flexibility index (Phi) is 7.83. The van der Waals surface area contributed by atoms with Crippen LogP contribution in [0, 0.1) is 12.2 Å². The maximum absolute atomic E-state index is 4.89. The van der Waals surface area contributed by atoms with Gasteiger partial charge in [0.15, 0.2) is 0 Å². The van der Waals surface area contributed by atoms with Gasteiger partial charge in [0.05, 0.1) is 0 Å². The number of halogens is 2. The van der Waals surface area contributed by atoms with E-state index in [2.05, 4.69) is 65.5 Å². The molecule has 2 aromatic rings. The summed E-state index contributed by atoms with van der Waals surface area (Å²) < 4.78 is 2.17. The Bertz CT molecular complexity index is 635. The number of rotatable bonds is 1. The Balaban J connectivity index is 0.000000184. The van der Waals surface area contributed by atoms with E-state index in [0.29, 0.717) is 0 Å². The molecule has 0 fully saturated rings. The molecule has 0 amide bonds. The van der Waals surface area contributed by atoms with E-state index >= 15 is 0 Å². The second-order valence-corrected chi connectivity index (χ2v) is 7.13.